The minimum atomic E-state index is -0.396. The number of carbonyl (C=O) groups excluding carboxylic acids is 2. The van der Waals surface area contributed by atoms with E-state index >= 15 is 0 Å². The summed E-state index contributed by atoms with van der Waals surface area (Å²) < 4.78 is 6.28. The summed E-state index contributed by atoms with van der Waals surface area (Å²) in [5.74, 6) is 0.620. The quantitative estimate of drug-likeness (QED) is 0.170. The fourth-order valence-corrected chi connectivity index (χ4v) is 5.88. The zero-order valence-electron chi connectivity index (χ0n) is 23.4. The number of aromatic nitrogens is 1. The Hall–Kier alpha value is -5.03. The van der Waals surface area contributed by atoms with E-state index in [9.17, 15) is 9.59 Å². The number of carbonyl (C=O) groups is 2. The van der Waals surface area contributed by atoms with Crippen molar-refractivity contribution in [1.82, 2.24) is 4.98 Å². The predicted octanol–water partition coefficient (Wildman–Crippen LogP) is 8.53. The molecule has 0 unspecified atom stereocenters. The number of anilines is 3. The number of ketones is 2. The first-order valence-corrected chi connectivity index (χ1v) is 13.7. The monoisotopic (exact) mass is 536 g/mol. The minimum absolute atomic E-state index is 0.131. The Labute approximate surface area is 238 Å². The molecule has 41 heavy (non-hydrogen) atoms. The molecule has 0 aliphatic heterocycles. The highest BCUT2D eigenvalue weighted by atomic mass is 16.3. The van der Waals surface area contributed by atoms with E-state index in [1.165, 1.54) is 11.1 Å². The zero-order chi connectivity index (χ0) is 28.5. The van der Waals surface area contributed by atoms with Gasteiger partial charge in [0, 0.05) is 33.5 Å². The Balaban J connectivity index is 1.30. The first kappa shape index (κ1) is 25.0. The van der Waals surface area contributed by atoms with Crippen LogP contribution >= 0.6 is 0 Å². The molecule has 0 N–H and O–H groups in total. The second-order valence-electron chi connectivity index (χ2n) is 11.4. The van der Waals surface area contributed by atoms with Crippen LogP contribution in [0.3, 0.4) is 0 Å². The van der Waals surface area contributed by atoms with Gasteiger partial charge in [0.15, 0.2) is 17.3 Å². The molecule has 7 rings (SSSR count). The van der Waals surface area contributed by atoms with Gasteiger partial charge < -0.3 is 9.32 Å². The molecule has 3 aromatic carbocycles. The maximum atomic E-state index is 12.9. The van der Waals surface area contributed by atoms with Gasteiger partial charge in [0.1, 0.15) is 11.5 Å². The van der Waals surface area contributed by atoms with Crippen molar-refractivity contribution < 1.29 is 14.0 Å². The number of fused-ring (bicyclic) bond motifs is 4. The summed E-state index contributed by atoms with van der Waals surface area (Å²) in [4.78, 5) is 33.0. The second kappa shape index (κ2) is 9.00. The van der Waals surface area contributed by atoms with Crippen molar-refractivity contribution in [3.63, 3.8) is 0 Å². The molecule has 2 aliphatic carbocycles. The summed E-state index contributed by atoms with van der Waals surface area (Å²) in [5, 5.41) is 0. The van der Waals surface area contributed by atoms with E-state index in [4.69, 9.17) is 9.40 Å². The van der Waals surface area contributed by atoms with E-state index in [2.05, 4.69) is 87.2 Å². The molecular weight excluding hydrogens is 508 g/mol. The third-order valence-corrected chi connectivity index (χ3v) is 8.22. The summed E-state index contributed by atoms with van der Waals surface area (Å²) >= 11 is 0. The number of hydrogen-bond acceptors (Lipinski definition) is 5. The molecule has 0 bridgehead atoms. The molecule has 0 saturated carbocycles. The smallest absolute Gasteiger partial charge is 0.197 e. The van der Waals surface area contributed by atoms with Crippen LogP contribution in [0.25, 0.3) is 17.5 Å². The summed E-state index contributed by atoms with van der Waals surface area (Å²) in [6.45, 7) is 8.47. The number of allylic oxidation sites excluding steroid dienone is 1. The maximum absolute atomic E-state index is 12.9. The molecule has 0 saturated heterocycles. The molecule has 0 atom stereocenters. The number of furan rings is 1. The van der Waals surface area contributed by atoms with Crippen LogP contribution in [0, 0.1) is 13.8 Å². The fourth-order valence-electron chi connectivity index (χ4n) is 5.88. The molecule has 5 heteroatoms. The summed E-state index contributed by atoms with van der Waals surface area (Å²) in [7, 11) is 0. The van der Waals surface area contributed by atoms with E-state index in [1.807, 2.05) is 12.3 Å². The van der Waals surface area contributed by atoms with Crippen molar-refractivity contribution in [2.75, 3.05) is 4.90 Å². The zero-order valence-corrected chi connectivity index (χ0v) is 23.4. The summed E-state index contributed by atoms with van der Waals surface area (Å²) in [5.41, 5.74) is 8.89. The van der Waals surface area contributed by atoms with Crippen LogP contribution in [0.15, 0.2) is 101 Å². The highest BCUT2D eigenvalue weighted by Gasteiger charge is 2.41. The molecule has 200 valence electrons. The number of benzene rings is 3. The Morgan fingerprint density at radius 1 is 0.732 bits per heavy atom. The maximum Gasteiger partial charge on any atom is 0.197 e. The van der Waals surface area contributed by atoms with E-state index in [1.54, 1.807) is 30.3 Å². The SMILES string of the molecule is Cc1ccc(N(c2ccc(C)cc2)c2cnc3c(c2)C(C)(C)c2cc(C=C4C(=O)c5ccccc5C4=O)oc2-3)cc1. The second-order valence-corrected chi connectivity index (χ2v) is 11.4. The third kappa shape index (κ3) is 3.88. The Morgan fingerprint density at radius 3 is 1.85 bits per heavy atom. The number of pyridine rings is 1. The largest absolute Gasteiger partial charge is 0.455 e. The van der Waals surface area contributed by atoms with Gasteiger partial charge in [0.05, 0.1) is 17.5 Å². The van der Waals surface area contributed by atoms with E-state index in [0.29, 0.717) is 22.6 Å². The highest BCUT2D eigenvalue weighted by molar-refractivity contribution is 6.41. The van der Waals surface area contributed by atoms with Crippen molar-refractivity contribution in [1.29, 1.82) is 0 Å². The Bertz CT molecular complexity index is 1830. The lowest BCUT2D eigenvalue weighted by atomic mass is 9.83. The van der Waals surface area contributed by atoms with Crippen molar-refractivity contribution in [3.05, 3.63) is 136 Å². The fraction of sp³-hybridized carbons (Fsp3) is 0.139. The molecule has 0 radical (unpaired) electrons. The van der Waals surface area contributed by atoms with Crippen molar-refractivity contribution >= 4 is 34.7 Å². The molecule has 0 spiro atoms. The van der Waals surface area contributed by atoms with Gasteiger partial charge in [-0.2, -0.15) is 0 Å². The summed E-state index contributed by atoms with van der Waals surface area (Å²) in [6, 6.07) is 28.0. The summed E-state index contributed by atoms with van der Waals surface area (Å²) in [6.07, 6.45) is 3.45. The normalized spacial score (nSPS) is 14.6. The van der Waals surface area contributed by atoms with Crippen LogP contribution in [-0.2, 0) is 5.41 Å². The van der Waals surface area contributed by atoms with Crippen LogP contribution in [0.1, 0.15) is 62.6 Å². The Morgan fingerprint density at radius 2 is 1.29 bits per heavy atom. The van der Waals surface area contributed by atoms with Crippen molar-refractivity contribution in [3.8, 4) is 11.5 Å². The number of rotatable bonds is 4. The van der Waals surface area contributed by atoms with Crippen LogP contribution in [0.5, 0.6) is 0 Å². The van der Waals surface area contributed by atoms with Gasteiger partial charge in [-0.3, -0.25) is 14.6 Å². The van der Waals surface area contributed by atoms with E-state index in [-0.39, 0.29) is 17.1 Å². The van der Waals surface area contributed by atoms with Gasteiger partial charge in [-0.25, -0.2) is 0 Å². The molecule has 2 aliphatic rings. The lowest BCUT2D eigenvalue weighted by Crippen LogP contribution is -2.17. The van der Waals surface area contributed by atoms with Gasteiger partial charge in [0.25, 0.3) is 0 Å². The van der Waals surface area contributed by atoms with E-state index in [0.717, 1.165) is 33.9 Å². The van der Waals surface area contributed by atoms with Gasteiger partial charge in [-0.15, -0.1) is 0 Å². The van der Waals surface area contributed by atoms with E-state index < -0.39 is 5.41 Å². The molecule has 5 aromatic rings. The van der Waals surface area contributed by atoms with Crippen molar-refractivity contribution in [2.45, 2.75) is 33.1 Å². The third-order valence-electron chi connectivity index (χ3n) is 8.22. The first-order valence-electron chi connectivity index (χ1n) is 13.7. The molecule has 2 heterocycles. The van der Waals surface area contributed by atoms with Gasteiger partial charge in [0.2, 0.25) is 0 Å². The number of Topliss-reactive ketones (excluding diaryl/α,β-unsaturated/α-hetero) is 2. The molecule has 5 nitrogen and oxygen atoms in total. The molecule has 2 aromatic heterocycles. The van der Waals surface area contributed by atoms with Crippen LogP contribution < -0.4 is 4.90 Å². The average molecular weight is 537 g/mol. The Kier molecular flexibility index (Phi) is 5.48. The van der Waals surface area contributed by atoms with Crippen LogP contribution in [0.2, 0.25) is 0 Å². The minimum Gasteiger partial charge on any atom is -0.455 e. The number of nitrogens with zero attached hydrogens (tertiary/aromatic N) is 2. The standard InChI is InChI=1S/C36H28N2O3/c1-21-9-13-23(14-10-21)38(24-15-11-22(2)12-16-24)25-17-30-32(37-20-25)35-31(36(30,3)4)19-26(41-35)18-29-33(39)27-7-5-6-8-28(27)34(29)40/h5-20H,1-4H3. The topological polar surface area (TPSA) is 63.4 Å². The lowest BCUT2D eigenvalue weighted by molar-refractivity contribution is 0.0990. The van der Waals surface area contributed by atoms with Crippen LogP contribution in [-0.4, -0.2) is 16.6 Å². The first-order chi connectivity index (χ1) is 19.7. The van der Waals surface area contributed by atoms with Crippen molar-refractivity contribution in [2.24, 2.45) is 0 Å². The van der Waals surface area contributed by atoms with Crippen LogP contribution in [0.4, 0.5) is 17.1 Å². The lowest BCUT2D eigenvalue weighted by Gasteiger charge is -2.27. The number of hydrogen-bond donors (Lipinski definition) is 0. The number of aryl methyl sites for hydroxylation is 2. The highest BCUT2D eigenvalue weighted by Crippen LogP contribution is 2.51. The average Bonchev–Trinajstić information content (AvgIpc) is 3.57. The van der Waals surface area contributed by atoms with Gasteiger partial charge >= 0.3 is 0 Å². The molecule has 0 amide bonds. The molecular formula is C36H28N2O3. The predicted molar refractivity (Wildman–Crippen MR) is 161 cm³/mol. The van der Waals surface area contributed by atoms with Gasteiger partial charge in [-0.05, 0) is 61.9 Å². The molecule has 0 fully saturated rings. The van der Waals surface area contributed by atoms with Gasteiger partial charge in [-0.1, -0.05) is 73.5 Å².